The molecule has 0 unspecified atom stereocenters. The molecule has 0 amide bonds. The number of hydrazine groups is 1. The molecule has 0 spiro atoms. The third kappa shape index (κ3) is 1.17. The van der Waals surface area contributed by atoms with E-state index >= 15 is 0 Å². The second-order valence-corrected chi connectivity index (χ2v) is 4.04. The second-order valence-electron chi connectivity index (χ2n) is 2.75. The Bertz CT molecular complexity index is 406. The molecule has 0 fully saturated rings. The van der Waals surface area contributed by atoms with E-state index in [2.05, 4.69) is 30.5 Å². The molecule has 2 rings (SSSR count). The summed E-state index contributed by atoms with van der Waals surface area (Å²) in [5.74, 6) is 5.30. The van der Waals surface area contributed by atoms with Crippen molar-refractivity contribution in [3.05, 3.63) is 29.1 Å². The zero-order valence-electron chi connectivity index (χ0n) is 6.79. The van der Waals surface area contributed by atoms with Gasteiger partial charge in [-0.2, -0.15) is 0 Å². The lowest BCUT2D eigenvalue weighted by atomic mass is 10.2. The van der Waals surface area contributed by atoms with Crippen molar-refractivity contribution in [1.29, 1.82) is 0 Å². The Morgan fingerprint density at radius 1 is 1.33 bits per heavy atom. The molecule has 3 heteroatoms. The highest BCUT2D eigenvalue weighted by Crippen LogP contribution is 2.26. The number of nitrogen functional groups attached to an aromatic ring is 1. The first kappa shape index (κ1) is 7.58. The lowest BCUT2D eigenvalue weighted by molar-refractivity contribution is 1.36. The van der Waals surface area contributed by atoms with Crippen LogP contribution in [0.15, 0.2) is 24.3 Å². The van der Waals surface area contributed by atoms with E-state index in [1.165, 1.54) is 15.0 Å². The summed E-state index contributed by atoms with van der Waals surface area (Å²) in [4.78, 5) is 1.33. The Morgan fingerprint density at radius 3 is 2.92 bits per heavy atom. The van der Waals surface area contributed by atoms with Crippen LogP contribution in [0.3, 0.4) is 0 Å². The van der Waals surface area contributed by atoms with E-state index in [1.807, 2.05) is 6.07 Å². The van der Waals surface area contributed by atoms with E-state index in [1.54, 1.807) is 11.3 Å². The van der Waals surface area contributed by atoms with Crippen molar-refractivity contribution in [2.24, 2.45) is 5.84 Å². The number of nitrogens with two attached hydrogens (primary N) is 1. The summed E-state index contributed by atoms with van der Waals surface area (Å²) in [6, 6.07) is 8.29. The molecule has 0 radical (unpaired) electrons. The number of hydrogen-bond acceptors (Lipinski definition) is 3. The van der Waals surface area contributed by atoms with Crippen LogP contribution in [0.5, 0.6) is 0 Å². The molecule has 2 aromatic rings. The van der Waals surface area contributed by atoms with Crippen LogP contribution in [0.25, 0.3) is 10.1 Å². The molecule has 0 atom stereocenters. The van der Waals surface area contributed by atoms with Gasteiger partial charge in [-0.25, -0.2) is 0 Å². The van der Waals surface area contributed by atoms with Crippen LogP contribution in [-0.4, -0.2) is 0 Å². The molecule has 1 aromatic carbocycles. The minimum absolute atomic E-state index is 0.959. The molecule has 0 bridgehead atoms. The molecule has 12 heavy (non-hydrogen) atoms. The predicted molar refractivity (Wildman–Crippen MR) is 54.4 cm³/mol. The van der Waals surface area contributed by atoms with Gasteiger partial charge < -0.3 is 5.43 Å². The lowest BCUT2D eigenvalue weighted by Gasteiger charge is -1.97. The van der Waals surface area contributed by atoms with E-state index in [9.17, 15) is 0 Å². The summed E-state index contributed by atoms with van der Waals surface area (Å²) in [5.41, 5.74) is 3.59. The van der Waals surface area contributed by atoms with Gasteiger partial charge in [-0.05, 0) is 36.6 Å². The molecule has 0 saturated carbocycles. The van der Waals surface area contributed by atoms with Gasteiger partial charge in [0.15, 0.2) is 0 Å². The fourth-order valence-electron chi connectivity index (χ4n) is 1.27. The monoisotopic (exact) mass is 178 g/mol. The molecule has 3 N–H and O–H groups in total. The molecule has 1 aromatic heterocycles. The largest absolute Gasteiger partial charge is 0.324 e. The molecule has 0 aliphatic rings. The molecule has 0 aliphatic heterocycles. The van der Waals surface area contributed by atoms with E-state index in [4.69, 9.17) is 5.84 Å². The van der Waals surface area contributed by atoms with Gasteiger partial charge in [0.25, 0.3) is 0 Å². The summed E-state index contributed by atoms with van der Waals surface area (Å²) in [6.45, 7) is 2.11. The van der Waals surface area contributed by atoms with Gasteiger partial charge >= 0.3 is 0 Å². The van der Waals surface area contributed by atoms with Gasteiger partial charge in [-0.15, -0.1) is 11.3 Å². The summed E-state index contributed by atoms with van der Waals surface area (Å²) in [5, 5.41) is 1.26. The van der Waals surface area contributed by atoms with Gasteiger partial charge in [0.2, 0.25) is 0 Å². The van der Waals surface area contributed by atoms with Crippen LogP contribution in [-0.2, 0) is 0 Å². The minimum atomic E-state index is 0.959. The third-order valence-electron chi connectivity index (χ3n) is 1.81. The maximum Gasteiger partial charge on any atom is 0.0492 e. The van der Waals surface area contributed by atoms with Crippen molar-refractivity contribution < 1.29 is 0 Å². The highest BCUT2D eigenvalue weighted by molar-refractivity contribution is 7.19. The minimum Gasteiger partial charge on any atom is -0.324 e. The second kappa shape index (κ2) is 2.77. The van der Waals surface area contributed by atoms with Gasteiger partial charge in [-0.1, -0.05) is 0 Å². The number of rotatable bonds is 1. The Hall–Kier alpha value is -1.06. The van der Waals surface area contributed by atoms with Crippen molar-refractivity contribution in [3.63, 3.8) is 0 Å². The zero-order chi connectivity index (χ0) is 8.55. The number of aryl methyl sites for hydroxylation is 1. The van der Waals surface area contributed by atoms with Crippen LogP contribution < -0.4 is 11.3 Å². The highest BCUT2D eigenvalue weighted by atomic mass is 32.1. The smallest absolute Gasteiger partial charge is 0.0492 e. The standard InChI is InChI=1S/C9H10N2S/c1-6-4-7-5-8(11-10)2-3-9(7)12-6/h2-5,11H,10H2,1H3. The molecule has 1 heterocycles. The number of fused-ring (bicyclic) bond motifs is 1. The highest BCUT2D eigenvalue weighted by Gasteiger charge is 1.98. The molecule has 0 saturated heterocycles. The SMILES string of the molecule is Cc1cc2cc(NN)ccc2s1. The van der Waals surface area contributed by atoms with Crippen LogP contribution >= 0.6 is 11.3 Å². The maximum absolute atomic E-state index is 5.30. The lowest BCUT2D eigenvalue weighted by Crippen LogP contribution is -2.05. The first-order valence-corrected chi connectivity index (χ1v) is 4.58. The number of thiophene rings is 1. The zero-order valence-corrected chi connectivity index (χ0v) is 7.61. The van der Waals surface area contributed by atoms with Crippen molar-refractivity contribution in [1.82, 2.24) is 0 Å². The Balaban J connectivity index is 2.66. The fourth-order valence-corrected chi connectivity index (χ4v) is 2.17. The Labute approximate surface area is 75.0 Å². The average Bonchev–Trinajstić information content (AvgIpc) is 2.43. The van der Waals surface area contributed by atoms with Gasteiger partial charge in [0.05, 0.1) is 0 Å². The van der Waals surface area contributed by atoms with Crippen LogP contribution in [0.2, 0.25) is 0 Å². The van der Waals surface area contributed by atoms with E-state index in [0.29, 0.717) is 0 Å². The van der Waals surface area contributed by atoms with Crippen LogP contribution in [0.4, 0.5) is 5.69 Å². The average molecular weight is 178 g/mol. The Kier molecular flexibility index (Phi) is 1.75. The van der Waals surface area contributed by atoms with Crippen molar-refractivity contribution in [2.75, 3.05) is 5.43 Å². The van der Waals surface area contributed by atoms with Crippen molar-refractivity contribution in [3.8, 4) is 0 Å². The van der Waals surface area contributed by atoms with Gasteiger partial charge in [0, 0.05) is 15.3 Å². The number of hydrogen-bond donors (Lipinski definition) is 2. The van der Waals surface area contributed by atoms with Gasteiger partial charge in [0.1, 0.15) is 0 Å². The maximum atomic E-state index is 5.30. The molecular formula is C9H10N2S. The normalized spacial score (nSPS) is 10.5. The first-order chi connectivity index (χ1) is 5.79. The molecule has 62 valence electrons. The third-order valence-corrected chi connectivity index (χ3v) is 2.84. The molecular weight excluding hydrogens is 168 g/mol. The quantitative estimate of drug-likeness (QED) is 0.520. The summed E-state index contributed by atoms with van der Waals surface area (Å²) in [6.07, 6.45) is 0. The first-order valence-electron chi connectivity index (χ1n) is 3.76. The Morgan fingerprint density at radius 2 is 2.17 bits per heavy atom. The van der Waals surface area contributed by atoms with E-state index in [0.717, 1.165) is 5.69 Å². The fraction of sp³-hybridized carbons (Fsp3) is 0.111. The van der Waals surface area contributed by atoms with E-state index in [-0.39, 0.29) is 0 Å². The predicted octanol–water partition coefficient (Wildman–Crippen LogP) is 2.50. The number of benzene rings is 1. The number of nitrogens with one attached hydrogen (secondary N) is 1. The molecule has 0 aliphatic carbocycles. The molecule has 2 nitrogen and oxygen atoms in total. The van der Waals surface area contributed by atoms with Gasteiger partial charge in [-0.3, -0.25) is 5.84 Å². The summed E-state index contributed by atoms with van der Waals surface area (Å²) < 4.78 is 1.31. The van der Waals surface area contributed by atoms with E-state index < -0.39 is 0 Å². The van der Waals surface area contributed by atoms with Crippen molar-refractivity contribution in [2.45, 2.75) is 6.92 Å². The van der Waals surface area contributed by atoms with Crippen LogP contribution in [0, 0.1) is 6.92 Å². The van der Waals surface area contributed by atoms with Crippen molar-refractivity contribution >= 4 is 27.1 Å². The topological polar surface area (TPSA) is 38.0 Å². The number of anilines is 1. The summed E-state index contributed by atoms with van der Waals surface area (Å²) in [7, 11) is 0. The summed E-state index contributed by atoms with van der Waals surface area (Å²) >= 11 is 1.80. The van der Waals surface area contributed by atoms with Crippen LogP contribution in [0.1, 0.15) is 4.88 Å².